The number of aliphatic hydroxyl groups is 1. The fraction of sp³-hybridized carbons (Fsp3) is 0.750. The third-order valence-electron chi connectivity index (χ3n) is 13.7. The van der Waals surface area contributed by atoms with Gasteiger partial charge >= 0.3 is 12.1 Å². The van der Waals surface area contributed by atoms with E-state index < -0.39 is 71.5 Å². The van der Waals surface area contributed by atoms with E-state index in [9.17, 15) is 19.5 Å². The van der Waals surface area contributed by atoms with Gasteiger partial charge in [0.15, 0.2) is 17.7 Å². The number of cyclic esters (lactones) is 1. The number of aromatic nitrogens is 3. The van der Waals surface area contributed by atoms with Crippen LogP contribution in [0.15, 0.2) is 30.5 Å². The topological polar surface area (TPSA) is 193 Å². The summed E-state index contributed by atoms with van der Waals surface area (Å²) in [6.45, 7) is 16.6. The molecule has 334 valence electrons. The molecule has 1 aromatic carbocycles. The number of hydrogen-bond acceptors (Lipinski definition) is 14. The maximum atomic E-state index is 14.4. The van der Waals surface area contributed by atoms with Crippen LogP contribution in [0, 0.1) is 29.6 Å². The summed E-state index contributed by atoms with van der Waals surface area (Å²) in [5.41, 5.74) is 6.02. The van der Waals surface area contributed by atoms with E-state index >= 15 is 0 Å². The number of amides is 1. The van der Waals surface area contributed by atoms with Gasteiger partial charge in [0, 0.05) is 49.5 Å². The number of nitrogen functional groups attached to an aromatic ring is 1. The number of esters is 1. The lowest BCUT2D eigenvalue weighted by molar-refractivity contribution is -0.295. The Balaban J connectivity index is 1.24. The molecule has 16 heteroatoms. The zero-order chi connectivity index (χ0) is 43.8. The van der Waals surface area contributed by atoms with Gasteiger partial charge in [0.25, 0.3) is 0 Å². The van der Waals surface area contributed by atoms with Gasteiger partial charge in [-0.3, -0.25) is 19.2 Å². The van der Waals surface area contributed by atoms with Crippen LogP contribution < -0.4 is 11.1 Å². The number of aliphatic hydroxyl groups excluding tert-OH is 1. The van der Waals surface area contributed by atoms with Gasteiger partial charge in [-0.25, -0.2) is 4.79 Å². The molecule has 4 N–H and O–H groups in total. The summed E-state index contributed by atoms with van der Waals surface area (Å²) in [4.78, 5) is 46.2. The van der Waals surface area contributed by atoms with Gasteiger partial charge in [0.1, 0.15) is 23.8 Å². The van der Waals surface area contributed by atoms with E-state index in [1.54, 1.807) is 25.9 Å². The summed E-state index contributed by atoms with van der Waals surface area (Å²) in [7, 11) is 5.40. The van der Waals surface area contributed by atoms with Crippen molar-refractivity contribution in [3.8, 4) is 11.3 Å². The molecule has 2 aromatic rings. The van der Waals surface area contributed by atoms with Crippen molar-refractivity contribution in [2.24, 2.45) is 29.6 Å². The number of Topliss-reactive ketones (excluding diaryl/α,β-unsaturated/α-hetero) is 1. The Morgan fingerprint density at radius 3 is 2.45 bits per heavy atom. The molecule has 0 bridgehead atoms. The number of ketones is 1. The molecule has 16 nitrogen and oxygen atoms in total. The third-order valence-corrected chi connectivity index (χ3v) is 13.7. The average Bonchev–Trinajstić information content (AvgIpc) is 3.64. The number of carbonyl (C=O) groups is 3. The summed E-state index contributed by atoms with van der Waals surface area (Å²) in [6, 6.07) is 6.52. The molecular formula is C44H69N7O9. The minimum Gasteiger partial charge on any atom is -0.458 e. The maximum absolute atomic E-state index is 14.4. The van der Waals surface area contributed by atoms with Crippen molar-refractivity contribution in [2.75, 3.05) is 40.0 Å². The van der Waals surface area contributed by atoms with Crippen LogP contribution in [0.25, 0.3) is 11.3 Å². The zero-order valence-corrected chi connectivity index (χ0v) is 37.4. The van der Waals surface area contributed by atoms with Crippen LogP contribution in [0.2, 0.25) is 0 Å². The quantitative estimate of drug-likeness (QED) is 0.176. The molecule has 5 unspecified atom stereocenters. The van der Waals surface area contributed by atoms with Crippen molar-refractivity contribution < 1.29 is 43.2 Å². The summed E-state index contributed by atoms with van der Waals surface area (Å²) in [6.07, 6.45) is -0.190. The number of rotatable bonds is 10. The molecule has 60 heavy (non-hydrogen) atoms. The molecule has 1 aliphatic carbocycles. The number of likely N-dealkylation sites (N-methyl/N-ethyl adjacent to an activating group) is 1. The van der Waals surface area contributed by atoms with E-state index in [0.29, 0.717) is 44.6 Å². The Hall–Kier alpha value is -3.67. The predicted molar refractivity (Wildman–Crippen MR) is 224 cm³/mol. The van der Waals surface area contributed by atoms with Gasteiger partial charge in [0.05, 0.1) is 30.0 Å². The number of fused-ring (bicyclic) bond motifs is 1. The van der Waals surface area contributed by atoms with E-state index in [-0.39, 0.29) is 35.9 Å². The molecule has 1 saturated carbocycles. The lowest BCUT2D eigenvalue weighted by atomic mass is 9.78. The Bertz CT molecular complexity index is 1830. The molecule has 6 rings (SSSR count). The van der Waals surface area contributed by atoms with Crippen molar-refractivity contribution in [1.29, 1.82) is 0 Å². The van der Waals surface area contributed by atoms with E-state index in [2.05, 4.69) is 22.6 Å². The Morgan fingerprint density at radius 2 is 1.78 bits per heavy atom. The predicted octanol–water partition coefficient (Wildman–Crippen LogP) is 4.14. The largest absolute Gasteiger partial charge is 0.458 e. The third kappa shape index (κ3) is 9.53. The number of carbonyl (C=O) groups excluding carboxylic acids is 3. The van der Waals surface area contributed by atoms with Crippen LogP contribution in [0.5, 0.6) is 0 Å². The Morgan fingerprint density at radius 1 is 1.07 bits per heavy atom. The van der Waals surface area contributed by atoms with E-state index in [1.165, 1.54) is 0 Å². The van der Waals surface area contributed by atoms with Crippen molar-refractivity contribution >= 4 is 23.5 Å². The second-order valence-corrected chi connectivity index (χ2v) is 18.8. The fourth-order valence-electron chi connectivity index (χ4n) is 10.1. The number of ether oxygens (including phenoxy) is 5. The number of nitrogens with two attached hydrogens (primary N) is 1. The summed E-state index contributed by atoms with van der Waals surface area (Å²) in [5.74, 6) is -2.67. The number of hydrogen-bond donors (Lipinski definition) is 3. The minimum atomic E-state index is -1.23. The zero-order valence-electron chi connectivity index (χ0n) is 37.4. The molecular weight excluding hydrogens is 771 g/mol. The number of nitrogens with one attached hydrogen (secondary N) is 1. The van der Waals surface area contributed by atoms with Crippen LogP contribution in [0.4, 0.5) is 10.5 Å². The van der Waals surface area contributed by atoms with Crippen LogP contribution in [0.3, 0.4) is 0 Å². The molecule has 0 radical (unpaired) electrons. The molecule has 15 atom stereocenters. The maximum Gasteiger partial charge on any atom is 0.410 e. The van der Waals surface area contributed by atoms with E-state index in [0.717, 1.165) is 17.7 Å². The number of anilines is 1. The number of benzene rings is 1. The van der Waals surface area contributed by atoms with Crippen molar-refractivity contribution in [2.45, 2.75) is 148 Å². The fourth-order valence-corrected chi connectivity index (χ4v) is 10.1. The van der Waals surface area contributed by atoms with Gasteiger partial charge < -0.3 is 44.7 Å². The number of nitrogens with zero attached hydrogens (tertiary/aromatic N) is 5. The summed E-state index contributed by atoms with van der Waals surface area (Å²) >= 11 is 0. The van der Waals surface area contributed by atoms with Crippen LogP contribution >= 0.6 is 0 Å². The Kier molecular flexibility index (Phi) is 14.0. The second-order valence-electron chi connectivity index (χ2n) is 18.8. The SMILES string of the molecule is CC[C@H]1OC(=O)[C@H](C)C(=O)[C@H](C)[C@@H](O[C@@H]2OC(C)CC(N(C)C)C2O)[C@](C)(OC)C[C@@H](C)CN[C@H](C)[C@H]2N(CC3CC3Cn3cc(-c4cccc(N)c4)nn3)C(=O)O[C@]12C. The lowest BCUT2D eigenvalue weighted by Crippen LogP contribution is -2.61. The van der Waals surface area contributed by atoms with Gasteiger partial charge in [-0.05, 0) is 111 Å². The Labute approximate surface area is 355 Å². The van der Waals surface area contributed by atoms with E-state index in [4.69, 9.17) is 29.4 Å². The highest BCUT2D eigenvalue weighted by Gasteiger charge is 2.60. The van der Waals surface area contributed by atoms with Gasteiger partial charge in [-0.2, -0.15) is 0 Å². The van der Waals surface area contributed by atoms with Gasteiger partial charge in [0.2, 0.25) is 0 Å². The van der Waals surface area contributed by atoms with Gasteiger partial charge in [-0.15, -0.1) is 5.10 Å². The first-order valence-electron chi connectivity index (χ1n) is 21.7. The van der Waals surface area contributed by atoms with Crippen LogP contribution in [0.1, 0.15) is 81.1 Å². The summed E-state index contributed by atoms with van der Waals surface area (Å²) < 4.78 is 33.5. The number of methoxy groups -OCH3 is 1. The summed E-state index contributed by atoms with van der Waals surface area (Å²) in [5, 5.41) is 23.9. The standard InChI is InChI=1S/C44H69N7O9/c1-12-35-44(8)38(51(42(55)60-44)22-31-17-30(31)21-50-23-33(47-48-50)29-14-13-15-32(45)18-29)28(6)46-20-24(2)19-43(7,56-11)39(26(4)36(52)27(5)40(54)58-35)59-41-37(53)34(49(9)10)16-25(3)57-41/h13-15,18,23-28,30-31,34-35,37-39,41,46,53H,12,16-17,19-22,45H2,1-11H3/t24-,25?,26+,27-,28-,30?,31?,34?,35-,37?,38-,39-,41+,43-,44-/m1/s1. The molecule has 4 heterocycles. The smallest absolute Gasteiger partial charge is 0.410 e. The van der Waals surface area contributed by atoms with Crippen LogP contribution in [-0.4, -0.2) is 142 Å². The molecule has 1 aromatic heterocycles. The first kappa shape index (κ1) is 45.8. The monoisotopic (exact) mass is 840 g/mol. The normalized spacial score (nSPS) is 39.5. The van der Waals surface area contributed by atoms with Crippen LogP contribution in [-0.2, 0) is 39.8 Å². The second kappa shape index (κ2) is 18.4. The first-order chi connectivity index (χ1) is 28.3. The average molecular weight is 840 g/mol. The van der Waals surface area contributed by atoms with Crippen molar-refractivity contribution in [1.82, 2.24) is 30.1 Å². The minimum absolute atomic E-state index is 0.00991. The van der Waals surface area contributed by atoms with E-state index in [1.807, 2.05) is 88.8 Å². The highest BCUT2D eigenvalue weighted by molar-refractivity contribution is 6.00. The highest BCUT2D eigenvalue weighted by Crippen LogP contribution is 2.45. The molecule has 0 spiro atoms. The van der Waals surface area contributed by atoms with Crippen molar-refractivity contribution in [3.05, 3.63) is 30.5 Å². The molecule has 4 fully saturated rings. The molecule has 3 aliphatic heterocycles. The molecule has 3 saturated heterocycles. The molecule has 4 aliphatic rings. The highest BCUT2D eigenvalue weighted by atomic mass is 16.7. The van der Waals surface area contributed by atoms with Gasteiger partial charge in [-0.1, -0.05) is 38.1 Å². The van der Waals surface area contributed by atoms with Crippen molar-refractivity contribution in [3.63, 3.8) is 0 Å². The molecule has 1 amide bonds. The first-order valence-corrected chi connectivity index (χ1v) is 21.7. The lowest BCUT2D eigenvalue weighted by Gasteiger charge is -2.46.